The predicted octanol–water partition coefficient (Wildman–Crippen LogP) is 2.37. The molecule has 104 valence electrons. The Kier molecular flexibility index (Phi) is 3.18. The van der Waals surface area contributed by atoms with Crippen LogP contribution in [-0.4, -0.2) is 22.0 Å². The van der Waals surface area contributed by atoms with Crippen LogP contribution >= 0.6 is 0 Å². The van der Waals surface area contributed by atoms with Crippen LogP contribution in [0.3, 0.4) is 0 Å². The Morgan fingerprint density at radius 2 is 2.10 bits per heavy atom. The second-order valence-corrected chi connectivity index (χ2v) is 5.24. The van der Waals surface area contributed by atoms with E-state index in [4.69, 9.17) is 10.3 Å². The van der Waals surface area contributed by atoms with Gasteiger partial charge in [-0.15, -0.1) is 0 Å². The van der Waals surface area contributed by atoms with Gasteiger partial charge < -0.3 is 15.2 Å². The molecule has 3 rings (SSSR count). The molecule has 0 radical (unpaired) electrons. The molecule has 2 aromatic rings. The van der Waals surface area contributed by atoms with E-state index >= 15 is 0 Å². The molecule has 1 aliphatic carbocycles. The van der Waals surface area contributed by atoms with Crippen molar-refractivity contribution in [2.75, 3.05) is 5.73 Å². The minimum atomic E-state index is -0.0927. The number of amides is 1. The van der Waals surface area contributed by atoms with Crippen LogP contribution in [0.2, 0.25) is 0 Å². The maximum absolute atomic E-state index is 12.5. The van der Waals surface area contributed by atoms with E-state index in [1.807, 2.05) is 36.1 Å². The topological polar surface area (TPSA) is 72.4 Å². The number of aryl methyl sites for hydroxylation is 1. The van der Waals surface area contributed by atoms with Crippen molar-refractivity contribution < 1.29 is 9.32 Å². The van der Waals surface area contributed by atoms with Crippen LogP contribution < -0.4 is 5.73 Å². The van der Waals surface area contributed by atoms with Gasteiger partial charge in [-0.25, -0.2) is 0 Å². The van der Waals surface area contributed by atoms with Crippen molar-refractivity contribution in [1.82, 2.24) is 10.1 Å². The second-order valence-electron chi connectivity index (χ2n) is 5.24. The Balaban J connectivity index is 1.79. The number of benzene rings is 1. The number of carbonyl (C=O) groups excluding carboxylic acids is 1. The predicted molar refractivity (Wildman–Crippen MR) is 75.0 cm³/mol. The van der Waals surface area contributed by atoms with E-state index in [1.54, 1.807) is 6.07 Å². The normalized spacial score (nSPS) is 14.2. The summed E-state index contributed by atoms with van der Waals surface area (Å²) < 4.78 is 5.08. The monoisotopic (exact) mass is 271 g/mol. The average Bonchev–Trinajstić information content (AvgIpc) is 3.19. The fourth-order valence-corrected chi connectivity index (χ4v) is 2.18. The number of nitrogens with two attached hydrogens (primary N) is 1. The molecule has 0 spiro atoms. The van der Waals surface area contributed by atoms with Crippen molar-refractivity contribution in [3.63, 3.8) is 0 Å². The Hall–Kier alpha value is -2.30. The number of hydrogen-bond acceptors (Lipinski definition) is 4. The second kappa shape index (κ2) is 5.00. The molecule has 1 aromatic heterocycles. The minimum absolute atomic E-state index is 0.0927. The highest BCUT2D eigenvalue weighted by Gasteiger charge is 2.34. The Morgan fingerprint density at radius 3 is 2.65 bits per heavy atom. The SMILES string of the molecule is Cc1cc(C(=O)N(Cc2ccc(N)cc2)C2CC2)on1. The molecule has 0 atom stereocenters. The molecule has 0 saturated heterocycles. The number of nitrogens with zero attached hydrogens (tertiary/aromatic N) is 2. The van der Waals surface area contributed by atoms with Crippen LogP contribution in [0.1, 0.15) is 34.7 Å². The highest BCUT2D eigenvalue weighted by molar-refractivity contribution is 5.91. The Bertz CT molecular complexity index is 614. The zero-order chi connectivity index (χ0) is 14.1. The van der Waals surface area contributed by atoms with Crippen LogP contribution in [0, 0.1) is 6.92 Å². The lowest BCUT2D eigenvalue weighted by molar-refractivity contribution is 0.0687. The molecule has 1 amide bonds. The van der Waals surface area contributed by atoms with E-state index < -0.39 is 0 Å². The first-order valence-electron chi connectivity index (χ1n) is 6.72. The van der Waals surface area contributed by atoms with Crippen LogP contribution in [0.4, 0.5) is 5.69 Å². The lowest BCUT2D eigenvalue weighted by atomic mass is 10.2. The standard InChI is InChI=1S/C15H17N3O2/c1-10-8-14(20-17-10)15(19)18(13-6-7-13)9-11-2-4-12(16)5-3-11/h2-5,8,13H,6-7,9,16H2,1H3. The molecule has 20 heavy (non-hydrogen) atoms. The number of nitrogen functional groups attached to an aromatic ring is 1. The highest BCUT2D eigenvalue weighted by Crippen LogP contribution is 2.30. The summed E-state index contributed by atoms with van der Waals surface area (Å²) in [5.41, 5.74) is 8.19. The quantitative estimate of drug-likeness (QED) is 0.866. The largest absolute Gasteiger partial charge is 0.399 e. The van der Waals surface area contributed by atoms with Crippen LogP contribution in [0.25, 0.3) is 0 Å². The maximum Gasteiger partial charge on any atom is 0.293 e. The first kappa shape index (κ1) is 12.7. The van der Waals surface area contributed by atoms with Crippen molar-refractivity contribution in [3.05, 3.63) is 47.3 Å². The average molecular weight is 271 g/mol. The van der Waals surface area contributed by atoms with Gasteiger partial charge in [0.15, 0.2) is 0 Å². The van der Waals surface area contributed by atoms with Crippen LogP contribution in [-0.2, 0) is 6.54 Å². The van der Waals surface area contributed by atoms with E-state index in [-0.39, 0.29) is 5.91 Å². The van der Waals surface area contributed by atoms with E-state index in [0.29, 0.717) is 18.3 Å². The third-order valence-electron chi connectivity index (χ3n) is 3.42. The molecular formula is C15H17N3O2. The van der Waals surface area contributed by atoms with E-state index in [0.717, 1.165) is 29.8 Å². The van der Waals surface area contributed by atoms with E-state index in [2.05, 4.69) is 5.16 Å². The molecule has 1 aliphatic rings. The molecular weight excluding hydrogens is 254 g/mol. The van der Waals surface area contributed by atoms with Crippen molar-refractivity contribution >= 4 is 11.6 Å². The Labute approximate surface area is 117 Å². The summed E-state index contributed by atoms with van der Waals surface area (Å²) in [4.78, 5) is 14.3. The van der Waals surface area contributed by atoms with Gasteiger partial charge in [-0.1, -0.05) is 17.3 Å². The number of carbonyl (C=O) groups is 1. The molecule has 1 aromatic carbocycles. The van der Waals surface area contributed by atoms with Gasteiger partial charge in [0.25, 0.3) is 5.91 Å². The van der Waals surface area contributed by atoms with E-state index in [1.165, 1.54) is 0 Å². The van der Waals surface area contributed by atoms with Gasteiger partial charge in [0.05, 0.1) is 5.69 Å². The maximum atomic E-state index is 12.5. The fraction of sp³-hybridized carbons (Fsp3) is 0.333. The Morgan fingerprint density at radius 1 is 1.40 bits per heavy atom. The minimum Gasteiger partial charge on any atom is -0.399 e. The zero-order valence-electron chi connectivity index (χ0n) is 11.4. The fourth-order valence-electron chi connectivity index (χ4n) is 2.18. The van der Waals surface area contributed by atoms with Crippen molar-refractivity contribution in [1.29, 1.82) is 0 Å². The first-order valence-corrected chi connectivity index (χ1v) is 6.72. The highest BCUT2D eigenvalue weighted by atomic mass is 16.5. The molecule has 2 N–H and O–H groups in total. The van der Waals surface area contributed by atoms with Gasteiger partial charge in [0.1, 0.15) is 0 Å². The number of anilines is 1. The van der Waals surface area contributed by atoms with Crippen LogP contribution in [0.15, 0.2) is 34.9 Å². The van der Waals surface area contributed by atoms with Crippen molar-refractivity contribution in [3.8, 4) is 0 Å². The van der Waals surface area contributed by atoms with Crippen molar-refractivity contribution in [2.45, 2.75) is 32.4 Å². The van der Waals surface area contributed by atoms with Gasteiger partial charge in [-0.2, -0.15) is 0 Å². The zero-order valence-corrected chi connectivity index (χ0v) is 11.4. The summed E-state index contributed by atoms with van der Waals surface area (Å²) in [6.45, 7) is 2.38. The summed E-state index contributed by atoms with van der Waals surface area (Å²) >= 11 is 0. The summed E-state index contributed by atoms with van der Waals surface area (Å²) in [6, 6.07) is 9.59. The summed E-state index contributed by atoms with van der Waals surface area (Å²) in [6.07, 6.45) is 2.10. The van der Waals surface area contributed by atoms with Crippen LogP contribution in [0.5, 0.6) is 0 Å². The molecule has 0 bridgehead atoms. The summed E-state index contributed by atoms with van der Waals surface area (Å²) in [5.74, 6) is 0.217. The van der Waals surface area contributed by atoms with Gasteiger partial charge in [-0.05, 0) is 37.5 Å². The smallest absolute Gasteiger partial charge is 0.293 e. The van der Waals surface area contributed by atoms with Gasteiger partial charge in [-0.3, -0.25) is 4.79 Å². The summed E-state index contributed by atoms with van der Waals surface area (Å²) in [7, 11) is 0. The third kappa shape index (κ3) is 2.66. The third-order valence-corrected chi connectivity index (χ3v) is 3.42. The molecule has 1 heterocycles. The lowest BCUT2D eigenvalue weighted by Gasteiger charge is -2.21. The first-order chi connectivity index (χ1) is 9.63. The number of rotatable bonds is 4. The van der Waals surface area contributed by atoms with E-state index in [9.17, 15) is 4.79 Å². The van der Waals surface area contributed by atoms with Gasteiger partial charge in [0.2, 0.25) is 5.76 Å². The lowest BCUT2D eigenvalue weighted by Crippen LogP contribution is -2.32. The van der Waals surface area contributed by atoms with Gasteiger partial charge in [0, 0.05) is 24.3 Å². The summed E-state index contributed by atoms with van der Waals surface area (Å²) in [5, 5.41) is 3.78. The molecule has 1 fully saturated rings. The molecule has 0 unspecified atom stereocenters. The molecule has 0 aliphatic heterocycles. The molecule has 5 heteroatoms. The number of hydrogen-bond donors (Lipinski definition) is 1. The molecule has 5 nitrogen and oxygen atoms in total. The van der Waals surface area contributed by atoms with Gasteiger partial charge >= 0.3 is 0 Å². The number of aromatic nitrogens is 1. The van der Waals surface area contributed by atoms with Crippen molar-refractivity contribution in [2.24, 2.45) is 0 Å². The molecule has 1 saturated carbocycles.